The first-order valence-electron chi connectivity index (χ1n) is 8.07. The van der Waals surface area contributed by atoms with Crippen LogP contribution in [0, 0.1) is 0 Å². The molecule has 0 radical (unpaired) electrons. The van der Waals surface area contributed by atoms with Gasteiger partial charge in [-0.05, 0) is 43.3 Å². The standard InChI is InChI=1S/C19H17N3O3S/c1-2-25-19(24)13-5-7-15(8-6-13)21-17(23)10-16-12-26-18(22-16)14-4-3-9-20-11-14/h3-9,11-12H,2,10H2,1H3,(H,21,23). The number of esters is 1. The second kappa shape index (κ2) is 8.35. The van der Waals surface area contributed by atoms with Gasteiger partial charge in [-0.1, -0.05) is 0 Å². The molecule has 0 spiro atoms. The Morgan fingerprint density at radius 1 is 1.19 bits per heavy atom. The number of benzene rings is 1. The van der Waals surface area contributed by atoms with Crippen molar-refractivity contribution >= 4 is 28.9 Å². The molecule has 0 aliphatic rings. The number of nitrogens with zero attached hydrogens (tertiary/aromatic N) is 2. The third kappa shape index (κ3) is 4.52. The summed E-state index contributed by atoms with van der Waals surface area (Å²) < 4.78 is 4.93. The number of anilines is 1. The van der Waals surface area contributed by atoms with Gasteiger partial charge in [0.1, 0.15) is 5.01 Å². The van der Waals surface area contributed by atoms with Gasteiger partial charge in [-0.3, -0.25) is 9.78 Å². The molecule has 6 nitrogen and oxygen atoms in total. The third-order valence-electron chi connectivity index (χ3n) is 3.48. The van der Waals surface area contributed by atoms with Crippen LogP contribution in [0.3, 0.4) is 0 Å². The summed E-state index contributed by atoms with van der Waals surface area (Å²) in [4.78, 5) is 32.4. The van der Waals surface area contributed by atoms with E-state index in [4.69, 9.17) is 4.74 Å². The fourth-order valence-electron chi connectivity index (χ4n) is 2.28. The molecule has 0 aliphatic heterocycles. The average molecular weight is 367 g/mol. The Kier molecular flexibility index (Phi) is 5.70. The second-order valence-corrected chi connectivity index (χ2v) is 6.27. The van der Waals surface area contributed by atoms with Crippen LogP contribution in [0.1, 0.15) is 23.0 Å². The Balaban J connectivity index is 1.59. The molecule has 1 amide bonds. The highest BCUT2D eigenvalue weighted by atomic mass is 32.1. The van der Waals surface area contributed by atoms with Crippen LogP contribution in [-0.4, -0.2) is 28.5 Å². The molecule has 0 atom stereocenters. The van der Waals surface area contributed by atoms with E-state index in [1.165, 1.54) is 11.3 Å². The molecule has 0 fully saturated rings. The summed E-state index contributed by atoms with van der Waals surface area (Å²) in [5, 5.41) is 5.50. The Morgan fingerprint density at radius 2 is 2.00 bits per heavy atom. The molecule has 0 unspecified atom stereocenters. The Bertz CT molecular complexity index is 892. The van der Waals surface area contributed by atoms with Gasteiger partial charge in [0.25, 0.3) is 0 Å². The molecule has 0 saturated heterocycles. The molecule has 0 bridgehead atoms. The zero-order valence-electron chi connectivity index (χ0n) is 14.1. The van der Waals surface area contributed by atoms with Crippen molar-refractivity contribution in [1.29, 1.82) is 0 Å². The molecule has 0 saturated carbocycles. The molecule has 7 heteroatoms. The Labute approximate surface area is 154 Å². The number of carbonyl (C=O) groups excluding carboxylic acids is 2. The van der Waals surface area contributed by atoms with E-state index in [1.54, 1.807) is 43.6 Å². The van der Waals surface area contributed by atoms with Crippen molar-refractivity contribution in [2.75, 3.05) is 11.9 Å². The number of pyridine rings is 1. The molecule has 1 aromatic carbocycles. The van der Waals surface area contributed by atoms with Gasteiger partial charge < -0.3 is 10.1 Å². The molecule has 0 aliphatic carbocycles. The monoisotopic (exact) mass is 367 g/mol. The molecule has 26 heavy (non-hydrogen) atoms. The largest absolute Gasteiger partial charge is 0.462 e. The maximum absolute atomic E-state index is 12.2. The van der Waals surface area contributed by atoms with Gasteiger partial charge >= 0.3 is 5.97 Å². The molecule has 1 N–H and O–H groups in total. The van der Waals surface area contributed by atoms with Crippen molar-refractivity contribution in [2.24, 2.45) is 0 Å². The number of thiazole rings is 1. The number of ether oxygens (including phenoxy) is 1. The van der Waals surface area contributed by atoms with Crippen LogP contribution >= 0.6 is 11.3 Å². The van der Waals surface area contributed by atoms with Crippen molar-refractivity contribution < 1.29 is 14.3 Å². The van der Waals surface area contributed by atoms with Gasteiger partial charge in [0.05, 0.1) is 24.3 Å². The van der Waals surface area contributed by atoms with Gasteiger partial charge in [0, 0.05) is 29.0 Å². The topological polar surface area (TPSA) is 81.2 Å². The highest BCUT2D eigenvalue weighted by Gasteiger charge is 2.10. The first kappa shape index (κ1) is 17.8. The maximum atomic E-state index is 12.2. The van der Waals surface area contributed by atoms with Crippen LogP contribution in [0.25, 0.3) is 10.6 Å². The molecular weight excluding hydrogens is 350 g/mol. The summed E-state index contributed by atoms with van der Waals surface area (Å²) in [5.74, 6) is -0.548. The van der Waals surface area contributed by atoms with E-state index in [9.17, 15) is 9.59 Å². The van der Waals surface area contributed by atoms with E-state index in [0.717, 1.165) is 10.6 Å². The maximum Gasteiger partial charge on any atom is 0.338 e. The lowest BCUT2D eigenvalue weighted by Crippen LogP contribution is -2.14. The van der Waals surface area contributed by atoms with Crippen LogP contribution in [0.4, 0.5) is 5.69 Å². The van der Waals surface area contributed by atoms with Crippen LogP contribution in [0.2, 0.25) is 0 Å². The minimum Gasteiger partial charge on any atom is -0.462 e. The Morgan fingerprint density at radius 3 is 2.69 bits per heavy atom. The second-order valence-electron chi connectivity index (χ2n) is 5.41. The third-order valence-corrected chi connectivity index (χ3v) is 4.42. The van der Waals surface area contributed by atoms with E-state index >= 15 is 0 Å². The number of nitrogens with one attached hydrogen (secondary N) is 1. The van der Waals surface area contributed by atoms with E-state index in [-0.39, 0.29) is 18.3 Å². The van der Waals surface area contributed by atoms with Crippen molar-refractivity contribution in [3.8, 4) is 10.6 Å². The van der Waals surface area contributed by atoms with Crippen LogP contribution in [0.15, 0.2) is 54.2 Å². The lowest BCUT2D eigenvalue weighted by molar-refractivity contribution is -0.115. The van der Waals surface area contributed by atoms with Crippen molar-refractivity contribution in [1.82, 2.24) is 9.97 Å². The fourth-order valence-corrected chi connectivity index (χ4v) is 3.09. The highest BCUT2D eigenvalue weighted by Crippen LogP contribution is 2.23. The molecule has 3 rings (SSSR count). The lowest BCUT2D eigenvalue weighted by atomic mass is 10.2. The molecular formula is C19H17N3O3S. The van der Waals surface area contributed by atoms with Gasteiger partial charge in [-0.25, -0.2) is 9.78 Å². The van der Waals surface area contributed by atoms with Gasteiger partial charge in [0.15, 0.2) is 0 Å². The molecule has 132 valence electrons. The number of aromatic nitrogens is 2. The highest BCUT2D eigenvalue weighted by molar-refractivity contribution is 7.13. The molecule has 2 aromatic heterocycles. The quantitative estimate of drug-likeness (QED) is 0.674. The van der Waals surface area contributed by atoms with Crippen molar-refractivity contribution in [2.45, 2.75) is 13.3 Å². The molecule has 2 heterocycles. The van der Waals surface area contributed by atoms with E-state index < -0.39 is 0 Å². The number of hydrogen-bond acceptors (Lipinski definition) is 6. The van der Waals surface area contributed by atoms with Gasteiger partial charge in [-0.2, -0.15) is 0 Å². The lowest BCUT2D eigenvalue weighted by Gasteiger charge is -2.06. The Hall–Kier alpha value is -3.06. The number of rotatable bonds is 6. The van der Waals surface area contributed by atoms with Crippen molar-refractivity contribution in [3.05, 3.63) is 65.4 Å². The fraction of sp³-hybridized carbons (Fsp3) is 0.158. The zero-order chi connectivity index (χ0) is 18.4. The normalized spacial score (nSPS) is 10.3. The summed E-state index contributed by atoms with van der Waals surface area (Å²) in [6.45, 7) is 2.08. The minimum absolute atomic E-state index is 0.170. The van der Waals surface area contributed by atoms with E-state index in [2.05, 4.69) is 15.3 Å². The van der Waals surface area contributed by atoms with Crippen LogP contribution in [-0.2, 0) is 16.0 Å². The van der Waals surface area contributed by atoms with Gasteiger partial charge in [0.2, 0.25) is 5.91 Å². The predicted octanol–water partition coefficient (Wildman–Crippen LogP) is 3.56. The minimum atomic E-state index is -0.379. The smallest absolute Gasteiger partial charge is 0.338 e. The number of amides is 1. The zero-order valence-corrected chi connectivity index (χ0v) is 15.0. The van der Waals surface area contributed by atoms with Crippen molar-refractivity contribution in [3.63, 3.8) is 0 Å². The summed E-state index contributed by atoms with van der Waals surface area (Å²) in [5.41, 5.74) is 2.70. The van der Waals surface area contributed by atoms with Gasteiger partial charge in [-0.15, -0.1) is 11.3 Å². The number of carbonyl (C=O) groups is 2. The number of hydrogen-bond donors (Lipinski definition) is 1. The summed E-state index contributed by atoms with van der Waals surface area (Å²) in [7, 11) is 0. The summed E-state index contributed by atoms with van der Waals surface area (Å²) in [6, 6.07) is 10.4. The summed E-state index contributed by atoms with van der Waals surface area (Å²) in [6.07, 6.45) is 3.63. The van der Waals surface area contributed by atoms with Crippen LogP contribution in [0.5, 0.6) is 0 Å². The molecule has 3 aromatic rings. The first-order chi connectivity index (χ1) is 12.7. The SMILES string of the molecule is CCOC(=O)c1ccc(NC(=O)Cc2csc(-c3cccnc3)n2)cc1. The van der Waals surface area contributed by atoms with Crippen LogP contribution < -0.4 is 5.32 Å². The predicted molar refractivity (Wildman–Crippen MR) is 100 cm³/mol. The average Bonchev–Trinajstić information content (AvgIpc) is 3.11. The van der Waals surface area contributed by atoms with E-state index in [0.29, 0.717) is 23.6 Å². The first-order valence-corrected chi connectivity index (χ1v) is 8.95. The summed E-state index contributed by atoms with van der Waals surface area (Å²) >= 11 is 1.48. The van der Waals surface area contributed by atoms with E-state index in [1.807, 2.05) is 17.5 Å².